The molecule has 23 heavy (non-hydrogen) atoms. The number of nitrogens with one attached hydrogen (secondary N) is 1. The van der Waals surface area contributed by atoms with Gasteiger partial charge < -0.3 is 9.72 Å². The Balaban J connectivity index is 2.01. The minimum absolute atomic E-state index is 0.208. The van der Waals surface area contributed by atoms with Crippen LogP contribution in [-0.2, 0) is 0 Å². The van der Waals surface area contributed by atoms with Gasteiger partial charge >= 0.3 is 0 Å². The number of hydrogen-bond acceptors (Lipinski definition) is 3. The Labute approximate surface area is 138 Å². The largest absolute Gasteiger partial charge is 0.494 e. The van der Waals surface area contributed by atoms with Crippen molar-refractivity contribution in [1.29, 1.82) is 0 Å². The van der Waals surface area contributed by atoms with Crippen LogP contribution in [0.2, 0.25) is 0 Å². The van der Waals surface area contributed by atoms with E-state index in [1.54, 1.807) is 24.3 Å². The molecule has 0 aliphatic heterocycles. The van der Waals surface area contributed by atoms with Gasteiger partial charge in [-0.1, -0.05) is 35.9 Å². The van der Waals surface area contributed by atoms with Crippen molar-refractivity contribution < 1.29 is 4.74 Å². The Morgan fingerprint density at radius 2 is 2.09 bits per heavy atom. The molecule has 3 rings (SSSR count). The van der Waals surface area contributed by atoms with E-state index in [2.05, 4.69) is 9.97 Å². The Morgan fingerprint density at radius 1 is 1.26 bits per heavy atom. The van der Waals surface area contributed by atoms with Crippen LogP contribution in [0.25, 0.3) is 22.0 Å². The molecule has 0 fully saturated rings. The van der Waals surface area contributed by atoms with Crippen LogP contribution >= 0.6 is 11.6 Å². The van der Waals surface area contributed by atoms with Crippen LogP contribution in [0.4, 0.5) is 0 Å². The number of hydrogen-bond donors (Lipinski definition) is 1. The Bertz CT molecular complexity index is 931. The second-order valence-electron chi connectivity index (χ2n) is 4.93. The predicted octanol–water partition coefficient (Wildman–Crippen LogP) is 4.06. The van der Waals surface area contributed by atoms with E-state index in [0.29, 0.717) is 28.4 Å². The number of benzene rings is 2. The molecule has 2 aromatic carbocycles. The molecule has 0 saturated heterocycles. The van der Waals surface area contributed by atoms with Gasteiger partial charge in [0.25, 0.3) is 5.56 Å². The van der Waals surface area contributed by atoms with Gasteiger partial charge in [-0.25, -0.2) is 4.98 Å². The van der Waals surface area contributed by atoms with Gasteiger partial charge in [-0.05, 0) is 42.8 Å². The highest BCUT2D eigenvalue weighted by Crippen LogP contribution is 2.22. The molecule has 1 N–H and O–H groups in total. The van der Waals surface area contributed by atoms with E-state index in [4.69, 9.17) is 16.3 Å². The van der Waals surface area contributed by atoms with Crippen molar-refractivity contribution >= 4 is 33.6 Å². The van der Waals surface area contributed by atoms with Crippen LogP contribution in [0.5, 0.6) is 5.75 Å². The van der Waals surface area contributed by atoms with Gasteiger partial charge in [0.05, 0.1) is 22.5 Å². The topological polar surface area (TPSA) is 55.0 Å². The van der Waals surface area contributed by atoms with Gasteiger partial charge in [-0.3, -0.25) is 4.79 Å². The number of fused-ring (bicyclic) bond motifs is 1. The van der Waals surface area contributed by atoms with E-state index < -0.39 is 0 Å². The van der Waals surface area contributed by atoms with Gasteiger partial charge in [-0.15, -0.1) is 0 Å². The molecule has 5 heteroatoms. The number of rotatable bonds is 4. The van der Waals surface area contributed by atoms with Crippen LogP contribution < -0.4 is 10.3 Å². The molecule has 1 aromatic heterocycles. The number of H-pyrrole nitrogens is 1. The molecule has 0 radical (unpaired) electrons. The van der Waals surface area contributed by atoms with Gasteiger partial charge in [0, 0.05) is 0 Å². The molecule has 1 heterocycles. The Morgan fingerprint density at radius 3 is 2.91 bits per heavy atom. The summed E-state index contributed by atoms with van der Waals surface area (Å²) < 4.78 is 5.46. The number of ether oxygens (including phenoxy) is 1. The third kappa shape index (κ3) is 3.43. The van der Waals surface area contributed by atoms with Crippen molar-refractivity contribution in [3.8, 4) is 5.75 Å². The van der Waals surface area contributed by atoms with Crippen LogP contribution in [0, 0.1) is 0 Å². The van der Waals surface area contributed by atoms with E-state index in [9.17, 15) is 4.79 Å². The quantitative estimate of drug-likeness (QED) is 0.786. The maximum atomic E-state index is 12.1. The van der Waals surface area contributed by atoms with Crippen LogP contribution in [0.15, 0.2) is 53.3 Å². The zero-order chi connectivity index (χ0) is 16.2. The summed E-state index contributed by atoms with van der Waals surface area (Å²) in [5, 5.41) is 0.903. The molecular formula is C18H15ClN2O2. The fourth-order valence-electron chi connectivity index (χ4n) is 2.27. The molecule has 3 aromatic rings. The van der Waals surface area contributed by atoms with E-state index in [-0.39, 0.29) is 5.56 Å². The van der Waals surface area contributed by atoms with Crippen LogP contribution in [0.1, 0.15) is 18.3 Å². The van der Waals surface area contributed by atoms with Gasteiger partial charge in [-0.2, -0.15) is 0 Å². The number of nitrogens with zero attached hydrogens (tertiary/aromatic N) is 1. The fraction of sp³-hybridized carbons (Fsp3) is 0.111. The molecule has 0 aliphatic rings. The smallest absolute Gasteiger partial charge is 0.259 e. The molecule has 4 nitrogen and oxygen atoms in total. The number of aromatic nitrogens is 2. The molecule has 0 bridgehead atoms. The summed E-state index contributed by atoms with van der Waals surface area (Å²) in [6, 6.07) is 14.7. The minimum atomic E-state index is -0.208. The highest BCUT2D eigenvalue weighted by atomic mass is 35.5. The predicted molar refractivity (Wildman–Crippen MR) is 93.7 cm³/mol. The molecule has 0 amide bonds. The maximum Gasteiger partial charge on any atom is 0.259 e. The SMILES string of the molecule is CCOc1cccc(/C=C(/Cl)c2nc3ccccc3c(=O)[nH]2)c1. The number of aromatic amines is 1. The van der Waals surface area contributed by atoms with Gasteiger partial charge in [0.1, 0.15) is 5.75 Å². The summed E-state index contributed by atoms with van der Waals surface area (Å²) in [6.07, 6.45) is 1.75. The molecule has 0 spiro atoms. The third-order valence-corrected chi connectivity index (χ3v) is 3.59. The lowest BCUT2D eigenvalue weighted by atomic mass is 10.2. The Kier molecular flexibility index (Phi) is 4.44. The van der Waals surface area contributed by atoms with Crippen molar-refractivity contribution in [2.45, 2.75) is 6.92 Å². The highest BCUT2D eigenvalue weighted by molar-refractivity contribution is 6.50. The lowest BCUT2D eigenvalue weighted by Crippen LogP contribution is -2.10. The van der Waals surface area contributed by atoms with Crippen molar-refractivity contribution in [3.63, 3.8) is 0 Å². The standard InChI is InChI=1S/C18H15ClN2O2/c1-2-23-13-7-5-6-12(10-13)11-15(19)17-20-16-9-4-3-8-14(16)18(22)21-17/h3-11H,2H2,1H3,(H,20,21,22)/b15-11+. The molecule has 0 unspecified atom stereocenters. The van der Waals surface area contributed by atoms with Crippen molar-refractivity contribution in [2.24, 2.45) is 0 Å². The molecular weight excluding hydrogens is 312 g/mol. The third-order valence-electron chi connectivity index (χ3n) is 3.30. The molecule has 116 valence electrons. The first-order valence-electron chi connectivity index (χ1n) is 7.27. The second kappa shape index (κ2) is 6.67. The minimum Gasteiger partial charge on any atom is -0.494 e. The summed E-state index contributed by atoms with van der Waals surface area (Å²) in [6.45, 7) is 2.53. The lowest BCUT2D eigenvalue weighted by molar-refractivity contribution is 0.340. The molecule has 0 aliphatic carbocycles. The second-order valence-corrected chi connectivity index (χ2v) is 5.34. The van der Waals surface area contributed by atoms with E-state index in [1.807, 2.05) is 37.3 Å². The molecule has 0 saturated carbocycles. The summed E-state index contributed by atoms with van der Waals surface area (Å²) in [5.41, 5.74) is 1.28. The summed E-state index contributed by atoms with van der Waals surface area (Å²) >= 11 is 6.33. The highest BCUT2D eigenvalue weighted by Gasteiger charge is 2.06. The first kappa shape index (κ1) is 15.3. The summed E-state index contributed by atoms with van der Waals surface area (Å²) in [7, 11) is 0. The van der Waals surface area contributed by atoms with Crippen LogP contribution in [0.3, 0.4) is 0 Å². The monoisotopic (exact) mass is 326 g/mol. The fourth-order valence-corrected chi connectivity index (χ4v) is 2.49. The van der Waals surface area contributed by atoms with Crippen molar-refractivity contribution in [3.05, 3.63) is 70.3 Å². The molecule has 0 atom stereocenters. The van der Waals surface area contributed by atoms with E-state index >= 15 is 0 Å². The summed E-state index contributed by atoms with van der Waals surface area (Å²) in [4.78, 5) is 19.2. The zero-order valence-corrected chi connectivity index (χ0v) is 13.3. The van der Waals surface area contributed by atoms with Gasteiger partial charge in [0.2, 0.25) is 0 Å². The van der Waals surface area contributed by atoms with Gasteiger partial charge in [0.15, 0.2) is 5.82 Å². The van der Waals surface area contributed by atoms with Crippen molar-refractivity contribution in [2.75, 3.05) is 6.61 Å². The lowest BCUT2D eigenvalue weighted by Gasteiger charge is -2.05. The average molecular weight is 327 g/mol. The average Bonchev–Trinajstić information content (AvgIpc) is 2.55. The van der Waals surface area contributed by atoms with Crippen LogP contribution in [-0.4, -0.2) is 16.6 Å². The first-order chi connectivity index (χ1) is 11.2. The Hall–Kier alpha value is -2.59. The van der Waals surface area contributed by atoms with E-state index in [1.165, 1.54) is 0 Å². The maximum absolute atomic E-state index is 12.1. The first-order valence-corrected chi connectivity index (χ1v) is 7.64. The summed E-state index contributed by atoms with van der Waals surface area (Å²) in [5.74, 6) is 1.11. The number of para-hydroxylation sites is 1. The number of halogens is 1. The van der Waals surface area contributed by atoms with E-state index in [0.717, 1.165) is 11.3 Å². The zero-order valence-electron chi connectivity index (χ0n) is 12.5. The van der Waals surface area contributed by atoms with Crippen molar-refractivity contribution in [1.82, 2.24) is 9.97 Å². The normalized spacial score (nSPS) is 11.7.